The number of hydrogen-bond acceptors (Lipinski definition) is 4. The molecular formula is C14H15F2NO3. The van der Waals surface area contributed by atoms with E-state index in [1.165, 1.54) is 12.1 Å². The van der Waals surface area contributed by atoms with Gasteiger partial charge in [0.2, 0.25) is 0 Å². The van der Waals surface area contributed by atoms with E-state index in [0.717, 1.165) is 6.07 Å². The molecule has 108 valence electrons. The van der Waals surface area contributed by atoms with E-state index in [0.29, 0.717) is 37.0 Å². The predicted octanol–water partition coefficient (Wildman–Crippen LogP) is 2.80. The third-order valence-corrected chi connectivity index (χ3v) is 3.42. The minimum Gasteiger partial charge on any atom is -0.468 e. The molecule has 0 saturated carbocycles. The minimum atomic E-state index is -0.652. The molecule has 1 aliphatic rings. The van der Waals surface area contributed by atoms with E-state index < -0.39 is 17.2 Å². The molecule has 0 saturated heterocycles. The van der Waals surface area contributed by atoms with Crippen molar-refractivity contribution in [3.8, 4) is 0 Å². The summed E-state index contributed by atoms with van der Waals surface area (Å²) < 4.78 is 31.1. The van der Waals surface area contributed by atoms with Crippen LogP contribution in [0.25, 0.3) is 0 Å². The summed E-state index contributed by atoms with van der Waals surface area (Å²) in [7, 11) is 0. The van der Waals surface area contributed by atoms with E-state index in [1.807, 2.05) is 6.92 Å². The lowest BCUT2D eigenvalue weighted by molar-refractivity contribution is -0.130. The Labute approximate surface area is 115 Å². The molecule has 6 heteroatoms. The van der Waals surface area contributed by atoms with Crippen molar-refractivity contribution in [1.29, 1.82) is 0 Å². The fourth-order valence-corrected chi connectivity index (χ4v) is 2.19. The predicted molar refractivity (Wildman–Crippen MR) is 68.3 cm³/mol. The summed E-state index contributed by atoms with van der Waals surface area (Å²) in [5.41, 5.74) is 0.284. The maximum atomic E-state index is 13.2. The normalized spacial score (nSPS) is 21.2. The van der Waals surface area contributed by atoms with Crippen LogP contribution in [0.15, 0.2) is 23.4 Å². The van der Waals surface area contributed by atoms with Gasteiger partial charge in [-0.25, -0.2) is 8.78 Å². The van der Waals surface area contributed by atoms with Crippen LogP contribution in [-0.2, 0) is 14.4 Å². The zero-order valence-corrected chi connectivity index (χ0v) is 11.1. The van der Waals surface area contributed by atoms with Crippen LogP contribution in [0, 0.1) is 11.6 Å². The monoisotopic (exact) mass is 283 g/mol. The molecule has 0 radical (unpaired) electrons. The highest BCUT2D eigenvalue weighted by Crippen LogP contribution is 2.33. The third kappa shape index (κ3) is 3.12. The molecule has 0 aliphatic carbocycles. The van der Waals surface area contributed by atoms with Gasteiger partial charge in [0.15, 0.2) is 0 Å². The van der Waals surface area contributed by atoms with Gasteiger partial charge in [0, 0.05) is 24.5 Å². The van der Waals surface area contributed by atoms with Crippen LogP contribution in [0.4, 0.5) is 8.78 Å². The average Bonchev–Trinajstić information content (AvgIpc) is 2.83. The Morgan fingerprint density at radius 2 is 2.10 bits per heavy atom. The van der Waals surface area contributed by atoms with E-state index in [2.05, 4.69) is 9.89 Å². The number of hydrogen-bond donors (Lipinski definition) is 0. The highest BCUT2D eigenvalue weighted by molar-refractivity contribution is 6.01. The van der Waals surface area contributed by atoms with E-state index in [1.54, 1.807) is 0 Å². The van der Waals surface area contributed by atoms with Gasteiger partial charge in [-0.05, 0) is 18.6 Å². The molecule has 1 aliphatic heterocycles. The zero-order chi connectivity index (χ0) is 14.6. The van der Waals surface area contributed by atoms with Crippen LogP contribution >= 0.6 is 0 Å². The molecule has 1 aromatic carbocycles. The number of rotatable bonds is 6. The Morgan fingerprint density at radius 3 is 2.70 bits per heavy atom. The van der Waals surface area contributed by atoms with E-state index in [-0.39, 0.29) is 6.61 Å². The SMILES string of the molecule is CCC1(CCOC=O)CC(c2cc(F)cc(F)c2)=NO1. The van der Waals surface area contributed by atoms with Gasteiger partial charge in [-0.3, -0.25) is 4.79 Å². The lowest BCUT2D eigenvalue weighted by Gasteiger charge is -2.24. The van der Waals surface area contributed by atoms with E-state index in [9.17, 15) is 13.6 Å². The Bertz CT molecular complexity index is 513. The minimum absolute atomic E-state index is 0.220. The maximum Gasteiger partial charge on any atom is 0.293 e. The van der Waals surface area contributed by atoms with Crippen molar-refractivity contribution in [2.45, 2.75) is 31.8 Å². The van der Waals surface area contributed by atoms with Gasteiger partial charge >= 0.3 is 0 Å². The Hall–Kier alpha value is -1.98. The summed E-state index contributed by atoms with van der Waals surface area (Å²) >= 11 is 0. The Morgan fingerprint density at radius 1 is 1.40 bits per heavy atom. The first-order chi connectivity index (χ1) is 9.58. The smallest absolute Gasteiger partial charge is 0.293 e. The first-order valence-electron chi connectivity index (χ1n) is 6.35. The number of oxime groups is 1. The standard InChI is InChI=1S/C14H15F2NO3/c1-2-14(3-4-19-9-18)8-13(17-20-14)10-5-11(15)7-12(16)6-10/h5-7,9H,2-4,8H2,1H3. The summed E-state index contributed by atoms with van der Waals surface area (Å²) in [6.45, 7) is 2.52. The van der Waals surface area contributed by atoms with Gasteiger partial charge in [-0.2, -0.15) is 0 Å². The largest absolute Gasteiger partial charge is 0.468 e. The molecule has 2 rings (SSSR count). The first kappa shape index (κ1) is 14.4. The van der Waals surface area contributed by atoms with E-state index in [4.69, 9.17) is 4.84 Å². The lowest BCUT2D eigenvalue weighted by Crippen LogP contribution is -2.30. The van der Waals surface area contributed by atoms with Crippen LogP contribution < -0.4 is 0 Å². The number of ether oxygens (including phenoxy) is 1. The molecule has 0 aromatic heterocycles. The first-order valence-corrected chi connectivity index (χ1v) is 6.35. The van der Waals surface area contributed by atoms with Crippen molar-refractivity contribution in [2.24, 2.45) is 5.16 Å². The second kappa shape index (κ2) is 5.98. The molecule has 0 N–H and O–H groups in total. The molecule has 1 heterocycles. The second-order valence-corrected chi connectivity index (χ2v) is 4.72. The number of nitrogens with zero attached hydrogens (tertiary/aromatic N) is 1. The summed E-state index contributed by atoms with van der Waals surface area (Å²) in [6, 6.07) is 3.25. The molecule has 1 atom stereocenters. The number of benzene rings is 1. The maximum absolute atomic E-state index is 13.2. The van der Waals surface area contributed by atoms with Crippen molar-refractivity contribution in [3.63, 3.8) is 0 Å². The van der Waals surface area contributed by atoms with Crippen LogP contribution in [0.5, 0.6) is 0 Å². The topological polar surface area (TPSA) is 47.9 Å². The Kier molecular flexibility index (Phi) is 4.32. The van der Waals surface area contributed by atoms with Gasteiger partial charge in [0.05, 0.1) is 12.3 Å². The molecular weight excluding hydrogens is 268 g/mol. The zero-order valence-electron chi connectivity index (χ0n) is 11.1. The molecule has 0 spiro atoms. The summed E-state index contributed by atoms with van der Waals surface area (Å²) in [5, 5.41) is 3.93. The molecule has 1 aromatic rings. The van der Waals surface area contributed by atoms with Crippen molar-refractivity contribution in [3.05, 3.63) is 35.4 Å². The second-order valence-electron chi connectivity index (χ2n) is 4.72. The molecule has 0 fully saturated rings. The molecule has 4 nitrogen and oxygen atoms in total. The average molecular weight is 283 g/mol. The van der Waals surface area contributed by atoms with Crippen LogP contribution in [0.2, 0.25) is 0 Å². The van der Waals surface area contributed by atoms with Crippen LogP contribution in [-0.4, -0.2) is 24.4 Å². The molecule has 1 unspecified atom stereocenters. The molecule has 0 bridgehead atoms. The molecule has 0 amide bonds. The lowest BCUT2D eigenvalue weighted by atomic mass is 9.89. The summed E-state index contributed by atoms with van der Waals surface area (Å²) in [5.74, 6) is -1.30. The van der Waals surface area contributed by atoms with Crippen molar-refractivity contribution < 1.29 is 23.1 Å². The number of halogens is 2. The number of carbonyl (C=O) groups excluding carboxylic acids is 1. The van der Waals surface area contributed by atoms with Gasteiger partial charge in [-0.1, -0.05) is 12.1 Å². The van der Waals surface area contributed by atoms with Gasteiger partial charge in [0.1, 0.15) is 17.2 Å². The van der Waals surface area contributed by atoms with Gasteiger partial charge < -0.3 is 9.57 Å². The Balaban J connectivity index is 2.11. The van der Waals surface area contributed by atoms with Gasteiger partial charge in [-0.15, -0.1) is 0 Å². The van der Waals surface area contributed by atoms with Crippen LogP contribution in [0.1, 0.15) is 31.7 Å². The van der Waals surface area contributed by atoms with E-state index >= 15 is 0 Å². The van der Waals surface area contributed by atoms with Crippen molar-refractivity contribution >= 4 is 12.2 Å². The quantitative estimate of drug-likeness (QED) is 0.596. The van der Waals surface area contributed by atoms with Gasteiger partial charge in [0.25, 0.3) is 6.47 Å². The van der Waals surface area contributed by atoms with Crippen LogP contribution in [0.3, 0.4) is 0 Å². The molecule has 20 heavy (non-hydrogen) atoms. The van der Waals surface area contributed by atoms with Crippen molar-refractivity contribution in [1.82, 2.24) is 0 Å². The summed E-state index contributed by atoms with van der Waals surface area (Å²) in [6.07, 6.45) is 1.56. The highest BCUT2D eigenvalue weighted by atomic mass is 19.1. The summed E-state index contributed by atoms with van der Waals surface area (Å²) in [4.78, 5) is 15.6. The fourth-order valence-electron chi connectivity index (χ4n) is 2.19. The third-order valence-electron chi connectivity index (χ3n) is 3.42. The van der Waals surface area contributed by atoms with Crippen molar-refractivity contribution in [2.75, 3.05) is 6.61 Å². The highest BCUT2D eigenvalue weighted by Gasteiger charge is 2.38. The number of carbonyl (C=O) groups is 1. The fraction of sp³-hybridized carbons (Fsp3) is 0.429.